The van der Waals surface area contributed by atoms with Crippen molar-refractivity contribution in [2.75, 3.05) is 0 Å². The largest absolute Gasteiger partial charge is 0.271 e. The average Bonchev–Trinajstić information content (AvgIpc) is 2.22. The van der Waals surface area contributed by atoms with E-state index in [1.165, 1.54) is 12.1 Å². The molecule has 0 saturated heterocycles. The molecule has 0 bridgehead atoms. The predicted molar refractivity (Wildman–Crippen MR) is 70.2 cm³/mol. The maximum absolute atomic E-state index is 13.7. The number of hydrazine groups is 1. The van der Waals surface area contributed by atoms with Crippen LogP contribution in [0.15, 0.2) is 18.2 Å². The fourth-order valence-electron chi connectivity index (χ4n) is 1.69. The zero-order valence-corrected chi connectivity index (χ0v) is 11.3. The highest BCUT2D eigenvalue weighted by Gasteiger charge is 2.18. The van der Waals surface area contributed by atoms with Crippen LogP contribution >= 0.6 is 11.6 Å². The summed E-state index contributed by atoms with van der Waals surface area (Å²) in [5.41, 5.74) is 3.39. The van der Waals surface area contributed by atoms with E-state index in [4.69, 9.17) is 17.4 Å². The molecule has 96 valence electrons. The molecule has 0 spiro atoms. The Labute approximate surface area is 107 Å². The first-order valence-corrected chi connectivity index (χ1v) is 6.12. The fourth-order valence-corrected chi connectivity index (χ4v) is 1.87. The highest BCUT2D eigenvalue weighted by molar-refractivity contribution is 6.30. The Morgan fingerprint density at radius 2 is 2.06 bits per heavy atom. The average molecular weight is 259 g/mol. The van der Waals surface area contributed by atoms with Crippen LogP contribution in [0, 0.1) is 11.2 Å². The van der Waals surface area contributed by atoms with Crippen LogP contribution in [0.4, 0.5) is 4.39 Å². The summed E-state index contributed by atoms with van der Waals surface area (Å²) >= 11 is 5.87. The van der Waals surface area contributed by atoms with E-state index in [1.54, 1.807) is 6.07 Å². The zero-order valence-electron chi connectivity index (χ0n) is 10.6. The van der Waals surface area contributed by atoms with Crippen molar-refractivity contribution in [2.45, 2.75) is 39.7 Å². The first-order valence-electron chi connectivity index (χ1n) is 5.74. The van der Waals surface area contributed by atoms with Gasteiger partial charge in [0.2, 0.25) is 0 Å². The van der Waals surface area contributed by atoms with Crippen LogP contribution in [0.5, 0.6) is 0 Å². The van der Waals surface area contributed by atoms with Gasteiger partial charge in [-0.2, -0.15) is 0 Å². The molecule has 1 unspecified atom stereocenters. The number of halogens is 2. The lowest BCUT2D eigenvalue weighted by atomic mass is 9.87. The summed E-state index contributed by atoms with van der Waals surface area (Å²) < 4.78 is 13.7. The van der Waals surface area contributed by atoms with Crippen molar-refractivity contribution >= 4 is 11.6 Å². The van der Waals surface area contributed by atoms with Crippen molar-refractivity contribution in [3.63, 3.8) is 0 Å². The number of benzene rings is 1. The monoisotopic (exact) mass is 258 g/mol. The maximum Gasteiger partial charge on any atom is 0.128 e. The van der Waals surface area contributed by atoms with E-state index in [-0.39, 0.29) is 17.3 Å². The van der Waals surface area contributed by atoms with Crippen LogP contribution in [-0.2, 0) is 0 Å². The van der Waals surface area contributed by atoms with Crippen LogP contribution < -0.4 is 11.3 Å². The highest BCUT2D eigenvalue weighted by atomic mass is 35.5. The molecule has 0 radical (unpaired) electrons. The van der Waals surface area contributed by atoms with Crippen LogP contribution in [0.3, 0.4) is 0 Å². The molecular formula is C13H20ClFN2. The number of nitrogens with two attached hydrogens (primary N) is 1. The molecule has 4 heteroatoms. The molecule has 0 fully saturated rings. The lowest BCUT2D eigenvalue weighted by Crippen LogP contribution is -2.29. The lowest BCUT2D eigenvalue weighted by molar-refractivity contribution is 0.330. The number of rotatable bonds is 4. The van der Waals surface area contributed by atoms with Crippen molar-refractivity contribution in [1.29, 1.82) is 0 Å². The highest BCUT2D eigenvalue weighted by Crippen LogP contribution is 2.29. The molecule has 0 amide bonds. The van der Waals surface area contributed by atoms with Gasteiger partial charge in [-0.25, -0.2) is 4.39 Å². The van der Waals surface area contributed by atoms with Gasteiger partial charge in [0.05, 0.1) is 0 Å². The minimum atomic E-state index is -0.272. The molecule has 0 aliphatic heterocycles. The van der Waals surface area contributed by atoms with E-state index >= 15 is 0 Å². The van der Waals surface area contributed by atoms with Gasteiger partial charge in [-0.3, -0.25) is 11.3 Å². The SMILES string of the molecule is CC(C)(C)CCC(NN)c1cc(Cl)ccc1F. The van der Waals surface area contributed by atoms with Gasteiger partial charge in [0.15, 0.2) is 0 Å². The number of hydrogen-bond donors (Lipinski definition) is 2. The van der Waals surface area contributed by atoms with Gasteiger partial charge >= 0.3 is 0 Å². The molecule has 0 heterocycles. The molecule has 0 aromatic heterocycles. The number of hydrogen-bond acceptors (Lipinski definition) is 2. The van der Waals surface area contributed by atoms with Crippen molar-refractivity contribution in [3.05, 3.63) is 34.6 Å². The second-order valence-electron chi connectivity index (χ2n) is 5.48. The molecule has 1 aromatic carbocycles. The summed E-state index contributed by atoms with van der Waals surface area (Å²) in [7, 11) is 0. The molecular weight excluding hydrogens is 239 g/mol. The molecule has 1 rings (SSSR count). The van der Waals surface area contributed by atoms with E-state index in [1.807, 2.05) is 0 Å². The van der Waals surface area contributed by atoms with E-state index in [9.17, 15) is 4.39 Å². The maximum atomic E-state index is 13.7. The van der Waals surface area contributed by atoms with Gasteiger partial charge in [-0.1, -0.05) is 32.4 Å². The summed E-state index contributed by atoms with van der Waals surface area (Å²) in [4.78, 5) is 0. The first-order chi connectivity index (χ1) is 7.83. The van der Waals surface area contributed by atoms with Gasteiger partial charge in [0.25, 0.3) is 0 Å². The Hall–Kier alpha value is -0.640. The smallest absolute Gasteiger partial charge is 0.128 e. The van der Waals surface area contributed by atoms with Crippen molar-refractivity contribution in [2.24, 2.45) is 11.3 Å². The quantitative estimate of drug-likeness (QED) is 0.637. The Morgan fingerprint density at radius 1 is 1.41 bits per heavy atom. The molecule has 1 aromatic rings. The van der Waals surface area contributed by atoms with Crippen LogP contribution in [0.2, 0.25) is 5.02 Å². The zero-order chi connectivity index (χ0) is 13.1. The third kappa shape index (κ3) is 4.62. The Balaban J connectivity index is 2.82. The van der Waals surface area contributed by atoms with Gasteiger partial charge in [0.1, 0.15) is 5.82 Å². The summed E-state index contributed by atoms with van der Waals surface area (Å²) in [6, 6.07) is 4.34. The third-order valence-corrected chi connectivity index (χ3v) is 2.95. The Morgan fingerprint density at radius 3 is 2.59 bits per heavy atom. The molecule has 0 saturated carbocycles. The van der Waals surface area contributed by atoms with Gasteiger partial charge < -0.3 is 0 Å². The molecule has 2 nitrogen and oxygen atoms in total. The van der Waals surface area contributed by atoms with Gasteiger partial charge in [-0.05, 0) is 36.5 Å². The minimum Gasteiger partial charge on any atom is -0.271 e. The fraction of sp³-hybridized carbons (Fsp3) is 0.538. The second-order valence-corrected chi connectivity index (χ2v) is 5.92. The normalized spacial score (nSPS) is 13.8. The molecule has 17 heavy (non-hydrogen) atoms. The summed E-state index contributed by atoms with van der Waals surface area (Å²) in [5.74, 6) is 5.22. The standard InChI is InChI=1S/C13H20ClFN2/c1-13(2,3)7-6-12(17-16)10-8-9(14)4-5-11(10)15/h4-5,8,12,17H,6-7,16H2,1-3H3. The van der Waals surface area contributed by atoms with Crippen molar-refractivity contribution < 1.29 is 4.39 Å². The number of nitrogens with one attached hydrogen (secondary N) is 1. The van der Waals surface area contributed by atoms with Crippen LogP contribution in [0.25, 0.3) is 0 Å². The molecule has 1 atom stereocenters. The van der Waals surface area contributed by atoms with E-state index in [0.717, 1.165) is 12.8 Å². The van der Waals surface area contributed by atoms with Gasteiger partial charge in [-0.15, -0.1) is 0 Å². The van der Waals surface area contributed by atoms with Crippen LogP contribution in [-0.4, -0.2) is 0 Å². The van der Waals surface area contributed by atoms with Crippen molar-refractivity contribution in [3.8, 4) is 0 Å². The Bertz CT molecular complexity index is 374. The summed E-state index contributed by atoms with van der Waals surface area (Å²) in [5, 5.41) is 0.525. The van der Waals surface area contributed by atoms with Gasteiger partial charge in [0, 0.05) is 16.6 Å². The second kappa shape index (κ2) is 5.80. The first kappa shape index (κ1) is 14.4. The topological polar surface area (TPSA) is 38.0 Å². The minimum absolute atomic E-state index is 0.199. The Kier molecular flexibility index (Phi) is 4.92. The molecule has 3 N–H and O–H groups in total. The molecule has 0 aliphatic carbocycles. The van der Waals surface area contributed by atoms with E-state index < -0.39 is 0 Å². The van der Waals surface area contributed by atoms with Crippen molar-refractivity contribution in [1.82, 2.24) is 5.43 Å². The van der Waals surface area contributed by atoms with E-state index in [0.29, 0.717) is 10.6 Å². The lowest BCUT2D eigenvalue weighted by Gasteiger charge is -2.23. The predicted octanol–water partition coefficient (Wildman–Crippen LogP) is 3.81. The summed E-state index contributed by atoms with van der Waals surface area (Å²) in [6.07, 6.45) is 1.73. The summed E-state index contributed by atoms with van der Waals surface area (Å²) in [6.45, 7) is 6.44. The van der Waals surface area contributed by atoms with Crippen LogP contribution in [0.1, 0.15) is 45.2 Å². The van der Waals surface area contributed by atoms with E-state index in [2.05, 4.69) is 26.2 Å². The molecule has 0 aliphatic rings. The third-order valence-electron chi connectivity index (χ3n) is 2.72.